The molecule has 5 N–H and O–H groups in total. The van der Waals surface area contributed by atoms with Gasteiger partial charge in [0.25, 0.3) is 0 Å². The first kappa shape index (κ1) is 21.0. The van der Waals surface area contributed by atoms with E-state index in [1.54, 1.807) is 6.20 Å². The van der Waals surface area contributed by atoms with Crippen molar-refractivity contribution in [1.82, 2.24) is 15.0 Å². The number of aryl methyl sites for hydroxylation is 1. The molecule has 164 valence electrons. The van der Waals surface area contributed by atoms with Crippen LogP contribution in [0.25, 0.3) is 0 Å². The molecule has 1 saturated heterocycles. The molecule has 0 unspecified atom stereocenters. The Bertz CT molecular complexity index is 1050. The molecule has 2 aromatic rings. The summed E-state index contributed by atoms with van der Waals surface area (Å²) in [6.45, 7) is 3.68. The normalized spacial score (nSPS) is 23.5. The second-order valence-corrected chi connectivity index (χ2v) is 10.3. The number of hydrogen-bond donors (Lipinski definition) is 3. The van der Waals surface area contributed by atoms with Crippen molar-refractivity contribution in [2.75, 3.05) is 23.7 Å². The lowest BCUT2D eigenvalue weighted by molar-refractivity contribution is 0.145. The van der Waals surface area contributed by atoms with Crippen LogP contribution in [0.3, 0.4) is 0 Å². The van der Waals surface area contributed by atoms with Gasteiger partial charge in [0.1, 0.15) is 22.1 Å². The Hall–Kier alpha value is -1.87. The van der Waals surface area contributed by atoms with Gasteiger partial charge in [0.05, 0.1) is 10.7 Å². The van der Waals surface area contributed by atoms with E-state index >= 15 is 0 Å². The number of allylic oxidation sites excluding steroid dienone is 1. The van der Waals surface area contributed by atoms with E-state index in [-0.39, 0.29) is 17.3 Å². The lowest BCUT2D eigenvalue weighted by atomic mass is 9.73. The van der Waals surface area contributed by atoms with Crippen molar-refractivity contribution >= 4 is 35.0 Å². The lowest BCUT2D eigenvalue weighted by Gasteiger charge is -2.43. The number of nitrogen functional groups attached to an aromatic ring is 1. The monoisotopic (exact) mass is 458 g/mol. The summed E-state index contributed by atoms with van der Waals surface area (Å²) in [5.74, 6) is 1.09. The highest BCUT2D eigenvalue weighted by molar-refractivity contribution is 7.99. The summed E-state index contributed by atoms with van der Waals surface area (Å²) in [7, 11) is 0. The van der Waals surface area contributed by atoms with Gasteiger partial charge in [-0.15, -0.1) is 0 Å². The van der Waals surface area contributed by atoms with E-state index in [0.29, 0.717) is 23.6 Å². The third kappa shape index (κ3) is 3.69. The molecule has 3 heterocycles. The number of aromatic nitrogens is 3. The average molecular weight is 459 g/mol. The Labute approximate surface area is 191 Å². The fraction of sp³-hybridized carbons (Fsp3) is 0.500. The van der Waals surface area contributed by atoms with E-state index in [9.17, 15) is 5.11 Å². The Balaban J connectivity index is 1.45. The number of anilines is 2. The number of nitrogens with two attached hydrogens (primary N) is 2. The minimum Gasteiger partial charge on any atom is -0.383 e. The van der Waals surface area contributed by atoms with Gasteiger partial charge in [-0.05, 0) is 50.5 Å². The number of rotatable bonds is 4. The Morgan fingerprint density at radius 1 is 1.23 bits per heavy atom. The van der Waals surface area contributed by atoms with Crippen LogP contribution in [0.15, 0.2) is 34.3 Å². The summed E-state index contributed by atoms with van der Waals surface area (Å²) in [6, 6.07) is 1.94. The summed E-state index contributed by atoms with van der Waals surface area (Å²) in [5, 5.41) is 12.1. The zero-order valence-electron chi connectivity index (χ0n) is 17.5. The van der Waals surface area contributed by atoms with Gasteiger partial charge in [0.15, 0.2) is 5.82 Å². The standard InChI is InChI=1S/C22H27ClN6OS/c1-13-20(31-14-4-10-26-18(25)16(14)23)28-17(22(30)6-7-22)19(27-13)29-11-8-21(9-12-29)5-2-3-15(21)24/h2-4,10,15,30H,5-9,11-12,24H2,1H3,(H2,25,26)/t15-/m1/s1. The molecule has 31 heavy (non-hydrogen) atoms. The number of piperidine rings is 1. The van der Waals surface area contributed by atoms with Crippen LogP contribution in [0.1, 0.15) is 43.5 Å². The fourth-order valence-corrected chi connectivity index (χ4v) is 5.68. The van der Waals surface area contributed by atoms with Crippen LogP contribution in [0.4, 0.5) is 11.6 Å². The summed E-state index contributed by atoms with van der Waals surface area (Å²) in [5.41, 5.74) is 13.0. The predicted octanol–water partition coefficient (Wildman–Crippen LogP) is 3.42. The number of halogens is 1. The van der Waals surface area contributed by atoms with Crippen molar-refractivity contribution in [2.24, 2.45) is 11.1 Å². The molecular weight excluding hydrogens is 432 g/mol. The summed E-state index contributed by atoms with van der Waals surface area (Å²) < 4.78 is 0. The average Bonchev–Trinajstić information content (AvgIpc) is 3.41. The second kappa shape index (κ2) is 7.62. The van der Waals surface area contributed by atoms with Gasteiger partial charge >= 0.3 is 0 Å². The van der Waals surface area contributed by atoms with Crippen molar-refractivity contribution in [3.8, 4) is 0 Å². The first-order valence-electron chi connectivity index (χ1n) is 10.7. The van der Waals surface area contributed by atoms with Crippen molar-refractivity contribution in [1.29, 1.82) is 0 Å². The molecule has 0 aromatic carbocycles. The molecule has 0 amide bonds. The molecule has 1 aliphatic heterocycles. The van der Waals surface area contributed by atoms with E-state index in [4.69, 9.17) is 33.0 Å². The molecule has 0 radical (unpaired) electrons. The molecule has 3 aliphatic rings. The maximum Gasteiger partial charge on any atom is 0.153 e. The van der Waals surface area contributed by atoms with E-state index in [2.05, 4.69) is 22.0 Å². The molecule has 1 saturated carbocycles. The molecule has 1 spiro atoms. The van der Waals surface area contributed by atoms with Gasteiger partial charge in [-0.1, -0.05) is 35.5 Å². The molecule has 1 atom stereocenters. The number of pyridine rings is 1. The summed E-state index contributed by atoms with van der Waals surface area (Å²) in [4.78, 5) is 16.9. The number of aliphatic hydroxyl groups is 1. The summed E-state index contributed by atoms with van der Waals surface area (Å²) in [6.07, 6.45) is 10.5. The Morgan fingerprint density at radius 3 is 2.61 bits per heavy atom. The fourth-order valence-electron chi connectivity index (χ4n) is 4.59. The van der Waals surface area contributed by atoms with E-state index < -0.39 is 5.60 Å². The molecule has 0 bridgehead atoms. The Kier molecular flexibility index (Phi) is 5.16. The van der Waals surface area contributed by atoms with Crippen molar-refractivity contribution < 1.29 is 5.11 Å². The second-order valence-electron chi connectivity index (χ2n) is 8.94. The largest absolute Gasteiger partial charge is 0.383 e. The van der Waals surface area contributed by atoms with E-state index in [1.165, 1.54) is 11.8 Å². The molecule has 2 aliphatic carbocycles. The van der Waals surface area contributed by atoms with Crippen LogP contribution in [0, 0.1) is 12.3 Å². The minimum atomic E-state index is -0.896. The molecule has 7 nitrogen and oxygen atoms in total. The van der Waals surface area contributed by atoms with Gasteiger partial charge in [-0.2, -0.15) is 0 Å². The van der Waals surface area contributed by atoms with E-state index in [1.807, 2.05) is 13.0 Å². The highest BCUT2D eigenvalue weighted by Crippen LogP contribution is 2.50. The van der Waals surface area contributed by atoms with Crippen molar-refractivity contribution in [3.05, 3.63) is 40.8 Å². The first-order chi connectivity index (χ1) is 14.8. The predicted molar refractivity (Wildman–Crippen MR) is 123 cm³/mol. The van der Waals surface area contributed by atoms with Crippen LogP contribution in [0.5, 0.6) is 0 Å². The van der Waals surface area contributed by atoms with Crippen LogP contribution in [-0.4, -0.2) is 39.2 Å². The Morgan fingerprint density at radius 2 is 1.97 bits per heavy atom. The first-order valence-corrected chi connectivity index (χ1v) is 11.9. The smallest absolute Gasteiger partial charge is 0.153 e. The molecule has 2 fully saturated rings. The molecular formula is C22H27ClN6OS. The lowest BCUT2D eigenvalue weighted by Crippen LogP contribution is -2.47. The van der Waals surface area contributed by atoms with Crippen LogP contribution in [0.2, 0.25) is 5.02 Å². The number of nitrogens with zero attached hydrogens (tertiary/aromatic N) is 4. The maximum atomic E-state index is 11.0. The third-order valence-corrected chi connectivity index (χ3v) is 8.54. The van der Waals surface area contributed by atoms with Crippen LogP contribution in [-0.2, 0) is 5.60 Å². The maximum absolute atomic E-state index is 11.0. The minimum absolute atomic E-state index is 0.130. The van der Waals surface area contributed by atoms with Crippen molar-refractivity contribution in [3.63, 3.8) is 0 Å². The van der Waals surface area contributed by atoms with Gasteiger partial charge in [0.2, 0.25) is 0 Å². The topological polar surface area (TPSA) is 114 Å². The van der Waals surface area contributed by atoms with Crippen molar-refractivity contribution in [2.45, 2.75) is 60.6 Å². The quantitative estimate of drug-likeness (QED) is 0.597. The zero-order valence-corrected chi connectivity index (χ0v) is 19.1. The highest BCUT2D eigenvalue weighted by Gasteiger charge is 2.48. The highest BCUT2D eigenvalue weighted by atomic mass is 35.5. The van der Waals surface area contributed by atoms with Gasteiger partial charge in [-0.3, -0.25) is 0 Å². The third-order valence-electron chi connectivity index (χ3n) is 6.89. The molecule has 5 rings (SSSR count). The summed E-state index contributed by atoms with van der Waals surface area (Å²) >= 11 is 7.74. The number of hydrogen-bond acceptors (Lipinski definition) is 8. The van der Waals surface area contributed by atoms with Crippen LogP contribution < -0.4 is 16.4 Å². The van der Waals surface area contributed by atoms with Gasteiger partial charge in [-0.25, -0.2) is 15.0 Å². The SMILES string of the molecule is Cc1nc(N2CCC3(CC=C[C@H]3N)CC2)c(C2(O)CC2)nc1Sc1ccnc(N)c1Cl. The molecule has 2 aromatic heterocycles. The van der Waals surface area contributed by atoms with Gasteiger partial charge in [0, 0.05) is 30.2 Å². The van der Waals surface area contributed by atoms with E-state index in [0.717, 1.165) is 53.8 Å². The molecule has 9 heteroatoms. The van der Waals surface area contributed by atoms with Gasteiger partial charge < -0.3 is 21.5 Å². The van der Waals surface area contributed by atoms with Crippen LogP contribution >= 0.6 is 23.4 Å². The zero-order chi connectivity index (χ0) is 21.8.